The number of nitrogens with one attached hydrogen (secondary N) is 1. The van der Waals surface area contributed by atoms with Crippen molar-refractivity contribution in [2.45, 2.75) is 26.3 Å². The SMILES string of the molecule is C[C@@H]1CCCOc2cc(F)c(F)cc2-c2cc(cn(C)c2=O)C(=O)Nc2nc3ccc(N4CCN(C)CC4)cc3n2C1. The van der Waals surface area contributed by atoms with E-state index in [-0.39, 0.29) is 35.0 Å². The number of anilines is 2. The van der Waals surface area contributed by atoms with E-state index in [9.17, 15) is 18.4 Å². The molecule has 0 aliphatic carbocycles. The van der Waals surface area contributed by atoms with Gasteiger partial charge in [0.25, 0.3) is 11.5 Å². The number of rotatable bonds is 1. The minimum atomic E-state index is -1.11. The molecule has 1 N–H and O–H groups in total. The van der Waals surface area contributed by atoms with Crippen molar-refractivity contribution in [2.75, 3.05) is 50.1 Å². The summed E-state index contributed by atoms with van der Waals surface area (Å²) in [7, 11) is 3.63. The molecule has 0 radical (unpaired) electrons. The van der Waals surface area contributed by atoms with Crippen molar-refractivity contribution in [2.24, 2.45) is 13.0 Å². The van der Waals surface area contributed by atoms with Crippen LogP contribution >= 0.6 is 0 Å². The zero-order valence-corrected chi connectivity index (χ0v) is 24.0. The van der Waals surface area contributed by atoms with E-state index in [0.29, 0.717) is 18.9 Å². The first-order chi connectivity index (χ1) is 20.2. The number of aryl methyl sites for hydroxylation is 1. The van der Waals surface area contributed by atoms with Gasteiger partial charge in [-0.25, -0.2) is 13.8 Å². The topological polar surface area (TPSA) is 84.6 Å². The van der Waals surface area contributed by atoms with E-state index >= 15 is 0 Å². The molecule has 4 aromatic rings. The third-order valence-electron chi connectivity index (χ3n) is 8.18. The van der Waals surface area contributed by atoms with Gasteiger partial charge in [-0.2, -0.15) is 0 Å². The highest BCUT2D eigenvalue weighted by molar-refractivity contribution is 6.04. The van der Waals surface area contributed by atoms with Crippen molar-refractivity contribution in [1.29, 1.82) is 0 Å². The van der Waals surface area contributed by atoms with E-state index in [2.05, 4.69) is 41.2 Å². The molecule has 1 fully saturated rings. The molecule has 220 valence electrons. The second-order valence-electron chi connectivity index (χ2n) is 11.4. The number of hydrogen-bond acceptors (Lipinski definition) is 6. The molecule has 9 nitrogen and oxygen atoms in total. The largest absolute Gasteiger partial charge is 0.493 e. The van der Waals surface area contributed by atoms with Gasteiger partial charge in [-0.05, 0) is 56.1 Å². The third kappa shape index (κ3) is 5.36. The molecule has 1 saturated heterocycles. The molecule has 2 aromatic heterocycles. The lowest BCUT2D eigenvalue weighted by Gasteiger charge is -2.34. The van der Waals surface area contributed by atoms with Gasteiger partial charge in [0.15, 0.2) is 11.6 Å². The Morgan fingerprint density at radius 1 is 0.976 bits per heavy atom. The molecule has 0 unspecified atom stereocenters. The lowest BCUT2D eigenvalue weighted by Crippen LogP contribution is -2.44. The number of imidazole rings is 1. The molecule has 1 amide bonds. The van der Waals surface area contributed by atoms with Crippen LogP contribution in [0.1, 0.15) is 30.1 Å². The van der Waals surface area contributed by atoms with E-state index in [4.69, 9.17) is 9.72 Å². The summed E-state index contributed by atoms with van der Waals surface area (Å²) < 4.78 is 37.8. The van der Waals surface area contributed by atoms with Crippen molar-refractivity contribution in [3.8, 4) is 16.9 Å². The summed E-state index contributed by atoms with van der Waals surface area (Å²) in [6.45, 7) is 6.82. The first-order valence-electron chi connectivity index (χ1n) is 14.3. The number of carbonyl (C=O) groups is 1. The Bertz CT molecular complexity index is 1720. The predicted molar refractivity (Wildman–Crippen MR) is 158 cm³/mol. The normalized spacial score (nSPS) is 18.5. The number of halogens is 2. The molecule has 11 heteroatoms. The molecule has 2 aromatic carbocycles. The Kier molecular flexibility index (Phi) is 7.44. The molecule has 4 heterocycles. The van der Waals surface area contributed by atoms with Crippen LogP contribution in [-0.2, 0) is 13.6 Å². The number of piperazine rings is 1. The number of ether oxygens (including phenoxy) is 1. The van der Waals surface area contributed by atoms with E-state index in [0.717, 1.165) is 61.5 Å². The smallest absolute Gasteiger partial charge is 0.259 e. The van der Waals surface area contributed by atoms with Crippen LogP contribution in [0.15, 0.2) is 47.4 Å². The number of benzene rings is 2. The molecular weight excluding hydrogens is 542 g/mol. The highest BCUT2D eigenvalue weighted by Gasteiger charge is 2.23. The van der Waals surface area contributed by atoms with Crippen molar-refractivity contribution in [3.63, 3.8) is 0 Å². The van der Waals surface area contributed by atoms with Gasteiger partial charge in [-0.1, -0.05) is 6.92 Å². The van der Waals surface area contributed by atoms with E-state index in [1.165, 1.54) is 23.9 Å². The van der Waals surface area contributed by atoms with Crippen LogP contribution in [0.2, 0.25) is 0 Å². The number of hydrogen-bond donors (Lipinski definition) is 1. The molecule has 2 aliphatic rings. The van der Waals surface area contributed by atoms with Crippen LogP contribution in [0, 0.1) is 17.6 Å². The van der Waals surface area contributed by atoms with E-state index in [1.807, 2.05) is 10.6 Å². The fourth-order valence-electron chi connectivity index (χ4n) is 5.73. The minimum Gasteiger partial charge on any atom is -0.493 e. The lowest BCUT2D eigenvalue weighted by molar-refractivity contribution is 0.102. The van der Waals surface area contributed by atoms with Gasteiger partial charge in [0.05, 0.1) is 28.8 Å². The molecule has 1 atom stereocenters. The summed E-state index contributed by atoms with van der Waals surface area (Å²) >= 11 is 0. The maximum absolute atomic E-state index is 14.4. The summed E-state index contributed by atoms with van der Waals surface area (Å²) in [6.07, 6.45) is 2.85. The zero-order chi connectivity index (χ0) is 29.5. The quantitative estimate of drug-likeness (QED) is 0.360. The van der Waals surface area contributed by atoms with Crippen LogP contribution in [0.25, 0.3) is 22.2 Å². The Hall–Kier alpha value is -4.25. The summed E-state index contributed by atoms with van der Waals surface area (Å²) in [6, 6.07) is 9.48. The minimum absolute atomic E-state index is 0.0348. The van der Waals surface area contributed by atoms with Gasteiger partial charge < -0.3 is 23.7 Å². The van der Waals surface area contributed by atoms with Crippen LogP contribution < -0.4 is 20.5 Å². The standard InChI is InChI=1S/C31H34F2N6O3/c1-19-5-4-12-42-28-16-25(33)24(32)15-22(28)23-13-20(18-37(3)30(23)41)29(40)35-31-34-26-7-6-21(14-27(26)39(31)17-19)38-10-8-36(2)9-11-38/h6-7,13-16,18-19H,4-5,8-12,17H2,1-3H3,(H,34,35,40)/t19-/m1/s1. The Morgan fingerprint density at radius 2 is 1.74 bits per heavy atom. The number of nitrogens with zero attached hydrogens (tertiary/aromatic N) is 5. The first kappa shape index (κ1) is 27.9. The fourth-order valence-corrected chi connectivity index (χ4v) is 5.73. The number of pyridine rings is 1. The summed E-state index contributed by atoms with van der Waals surface area (Å²) in [5.41, 5.74) is 2.64. The molecule has 0 saturated carbocycles. The maximum Gasteiger partial charge on any atom is 0.259 e. The molecule has 2 bridgehead atoms. The number of aromatic nitrogens is 3. The zero-order valence-electron chi connectivity index (χ0n) is 24.0. The predicted octanol–water partition coefficient (Wildman–Crippen LogP) is 4.49. The monoisotopic (exact) mass is 576 g/mol. The molecular formula is C31H34F2N6O3. The van der Waals surface area contributed by atoms with Gasteiger partial charge in [-0.15, -0.1) is 0 Å². The van der Waals surface area contributed by atoms with Gasteiger partial charge in [0.1, 0.15) is 5.75 Å². The number of likely N-dealkylation sites (N-methyl/N-ethyl adjacent to an activating group) is 1. The van der Waals surface area contributed by atoms with Crippen LogP contribution in [0.5, 0.6) is 5.75 Å². The van der Waals surface area contributed by atoms with Crippen LogP contribution in [-0.4, -0.2) is 64.8 Å². The Morgan fingerprint density at radius 3 is 2.52 bits per heavy atom. The number of carbonyl (C=O) groups excluding carboxylic acids is 1. The Balaban J connectivity index is 1.44. The number of fused-ring (bicyclic) bond motifs is 7. The summed E-state index contributed by atoms with van der Waals surface area (Å²) in [5.74, 6) is -2.00. The Labute approximate surface area is 242 Å². The van der Waals surface area contributed by atoms with Gasteiger partial charge in [0.2, 0.25) is 5.95 Å². The van der Waals surface area contributed by atoms with E-state index in [1.54, 1.807) is 0 Å². The summed E-state index contributed by atoms with van der Waals surface area (Å²) in [4.78, 5) is 36.2. The average molecular weight is 577 g/mol. The fraction of sp³-hybridized carbons (Fsp3) is 0.387. The highest BCUT2D eigenvalue weighted by Crippen LogP contribution is 2.32. The number of amides is 1. The first-order valence-corrected chi connectivity index (χ1v) is 14.3. The van der Waals surface area contributed by atoms with Gasteiger partial charge in [0, 0.05) is 63.3 Å². The molecule has 2 aliphatic heterocycles. The third-order valence-corrected chi connectivity index (χ3v) is 8.18. The van der Waals surface area contributed by atoms with Crippen LogP contribution in [0.4, 0.5) is 20.4 Å². The lowest BCUT2D eigenvalue weighted by atomic mass is 10.0. The highest BCUT2D eigenvalue weighted by atomic mass is 19.2. The van der Waals surface area contributed by atoms with Crippen molar-refractivity contribution < 1.29 is 18.3 Å². The second kappa shape index (κ2) is 11.2. The van der Waals surface area contributed by atoms with Crippen LogP contribution in [0.3, 0.4) is 0 Å². The van der Waals surface area contributed by atoms with Crippen molar-refractivity contribution >= 4 is 28.6 Å². The maximum atomic E-state index is 14.4. The van der Waals surface area contributed by atoms with E-state index < -0.39 is 23.1 Å². The molecule has 6 rings (SSSR count). The van der Waals surface area contributed by atoms with Crippen molar-refractivity contribution in [3.05, 3.63) is 70.1 Å². The van der Waals surface area contributed by atoms with Crippen molar-refractivity contribution in [1.82, 2.24) is 19.0 Å². The average Bonchev–Trinajstić information content (AvgIpc) is 3.29. The molecule has 0 spiro atoms. The van der Waals surface area contributed by atoms with Gasteiger partial charge >= 0.3 is 0 Å². The summed E-state index contributed by atoms with van der Waals surface area (Å²) in [5, 5.41) is 2.96. The second-order valence-corrected chi connectivity index (χ2v) is 11.4. The van der Waals surface area contributed by atoms with Gasteiger partial charge in [-0.3, -0.25) is 14.9 Å². The molecule has 42 heavy (non-hydrogen) atoms.